The Kier molecular flexibility index (Phi) is 5.50. The average molecular weight is 222 g/mol. The molecule has 2 heteroatoms. The molecule has 0 radical (unpaired) electrons. The molecule has 0 amide bonds. The zero-order valence-electron chi connectivity index (χ0n) is 10.0. The van der Waals surface area contributed by atoms with Gasteiger partial charge in [0.2, 0.25) is 0 Å². The summed E-state index contributed by atoms with van der Waals surface area (Å²) in [5.74, 6) is 0. The van der Waals surface area contributed by atoms with Crippen molar-refractivity contribution in [1.82, 2.24) is 0 Å². The van der Waals surface area contributed by atoms with Crippen LogP contribution < -0.4 is 0 Å². The molecular formula is C14H22O2. The Morgan fingerprint density at radius 2 is 1.50 bits per heavy atom. The van der Waals surface area contributed by atoms with Crippen LogP contribution in [0.5, 0.6) is 0 Å². The summed E-state index contributed by atoms with van der Waals surface area (Å²) in [5.41, 5.74) is 1.18. The zero-order chi connectivity index (χ0) is 11.9. The minimum absolute atomic E-state index is 0.0560. The Bertz CT molecular complexity index is 265. The molecule has 0 saturated carbocycles. The Morgan fingerprint density at radius 3 is 1.94 bits per heavy atom. The molecule has 0 spiro atoms. The van der Waals surface area contributed by atoms with Crippen LogP contribution in [0.1, 0.15) is 38.2 Å². The fourth-order valence-electron chi connectivity index (χ4n) is 2.51. The maximum Gasteiger partial charge on any atom is 0.0439 e. The molecule has 0 fully saturated rings. The summed E-state index contributed by atoms with van der Waals surface area (Å²) in [4.78, 5) is 0. The van der Waals surface area contributed by atoms with Crippen LogP contribution in [0.2, 0.25) is 0 Å². The average Bonchev–Trinajstić information content (AvgIpc) is 2.31. The molecule has 0 heterocycles. The van der Waals surface area contributed by atoms with Crippen LogP contribution in [0.15, 0.2) is 30.3 Å². The van der Waals surface area contributed by atoms with E-state index in [-0.39, 0.29) is 18.6 Å². The van der Waals surface area contributed by atoms with Crippen molar-refractivity contribution < 1.29 is 10.2 Å². The molecule has 0 aliphatic carbocycles. The van der Waals surface area contributed by atoms with Crippen molar-refractivity contribution in [3.8, 4) is 0 Å². The van der Waals surface area contributed by atoms with Gasteiger partial charge in [-0.1, -0.05) is 43.7 Å². The first-order valence-electron chi connectivity index (χ1n) is 6.06. The van der Waals surface area contributed by atoms with Gasteiger partial charge in [-0.05, 0) is 30.2 Å². The first-order chi connectivity index (χ1) is 7.79. The highest BCUT2D eigenvalue weighted by Gasteiger charge is 2.29. The number of hydrogen-bond donors (Lipinski definition) is 2. The summed E-state index contributed by atoms with van der Waals surface area (Å²) in [6, 6.07) is 10.2. The van der Waals surface area contributed by atoms with Gasteiger partial charge in [0.15, 0.2) is 0 Å². The van der Waals surface area contributed by atoms with Crippen LogP contribution in [0, 0.1) is 0 Å². The fraction of sp³-hybridized carbons (Fsp3) is 0.571. The lowest BCUT2D eigenvalue weighted by Gasteiger charge is -2.33. The van der Waals surface area contributed by atoms with Crippen LogP contribution in [0.25, 0.3) is 0 Å². The van der Waals surface area contributed by atoms with Crippen molar-refractivity contribution >= 4 is 0 Å². The second-order valence-electron chi connectivity index (χ2n) is 4.34. The number of rotatable bonds is 7. The van der Waals surface area contributed by atoms with Gasteiger partial charge in [-0.15, -0.1) is 0 Å². The van der Waals surface area contributed by atoms with Gasteiger partial charge < -0.3 is 10.2 Å². The predicted octanol–water partition coefficient (Wildman–Crippen LogP) is 2.49. The van der Waals surface area contributed by atoms with E-state index in [0.717, 1.165) is 25.7 Å². The van der Waals surface area contributed by atoms with Gasteiger partial charge in [0.05, 0.1) is 0 Å². The highest BCUT2D eigenvalue weighted by atomic mass is 16.3. The number of aliphatic hydroxyl groups is 2. The van der Waals surface area contributed by atoms with E-state index in [2.05, 4.69) is 19.1 Å². The third kappa shape index (κ3) is 3.06. The topological polar surface area (TPSA) is 40.5 Å². The van der Waals surface area contributed by atoms with Crippen molar-refractivity contribution in [1.29, 1.82) is 0 Å². The Balaban J connectivity index is 2.99. The van der Waals surface area contributed by atoms with Crippen molar-refractivity contribution in [2.45, 2.75) is 38.0 Å². The SMILES string of the molecule is CCCC(CCO)(CCO)c1ccccc1. The van der Waals surface area contributed by atoms with E-state index in [0.29, 0.717) is 0 Å². The molecule has 90 valence electrons. The van der Waals surface area contributed by atoms with Crippen molar-refractivity contribution in [2.24, 2.45) is 0 Å². The van der Waals surface area contributed by atoms with Crippen molar-refractivity contribution in [2.75, 3.05) is 13.2 Å². The molecular weight excluding hydrogens is 200 g/mol. The van der Waals surface area contributed by atoms with Gasteiger partial charge in [-0.3, -0.25) is 0 Å². The van der Waals surface area contributed by atoms with Crippen LogP contribution in [0.4, 0.5) is 0 Å². The van der Waals surface area contributed by atoms with Gasteiger partial charge >= 0.3 is 0 Å². The van der Waals surface area contributed by atoms with E-state index in [1.54, 1.807) is 0 Å². The number of benzene rings is 1. The van der Waals surface area contributed by atoms with Gasteiger partial charge in [-0.25, -0.2) is 0 Å². The molecule has 2 nitrogen and oxygen atoms in total. The maximum absolute atomic E-state index is 9.23. The third-order valence-corrected chi connectivity index (χ3v) is 3.30. The normalized spacial score (nSPS) is 11.7. The quantitative estimate of drug-likeness (QED) is 0.744. The number of aliphatic hydroxyl groups excluding tert-OH is 2. The molecule has 1 aromatic carbocycles. The van der Waals surface area contributed by atoms with Crippen LogP contribution in [-0.2, 0) is 5.41 Å². The lowest BCUT2D eigenvalue weighted by Crippen LogP contribution is -2.28. The minimum atomic E-state index is -0.0560. The molecule has 0 aliphatic rings. The van der Waals surface area contributed by atoms with E-state index in [1.807, 2.05) is 18.2 Å². The lowest BCUT2D eigenvalue weighted by atomic mass is 9.72. The van der Waals surface area contributed by atoms with E-state index in [1.165, 1.54) is 5.56 Å². The molecule has 0 aliphatic heterocycles. The van der Waals surface area contributed by atoms with Gasteiger partial charge in [0, 0.05) is 13.2 Å². The third-order valence-electron chi connectivity index (χ3n) is 3.30. The predicted molar refractivity (Wildman–Crippen MR) is 66.4 cm³/mol. The van der Waals surface area contributed by atoms with E-state index in [9.17, 15) is 10.2 Å². The second-order valence-corrected chi connectivity index (χ2v) is 4.34. The summed E-state index contributed by atoms with van der Waals surface area (Å²) < 4.78 is 0. The van der Waals surface area contributed by atoms with Gasteiger partial charge in [0.25, 0.3) is 0 Å². The van der Waals surface area contributed by atoms with E-state index < -0.39 is 0 Å². The molecule has 0 unspecified atom stereocenters. The standard InChI is InChI=1S/C14H22O2/c1-2-8-14(9-11-15,10-12-16)13-6-4-3-5-7-13/h3-7,15-16H,2,8-12H2,1H3. The Morgan fingerprint density at radius 1 is 0.938 bits per heavy atom. The highest BCUT2D eigenvalue weighted by molar-refractivity contribution is 5.25. The second kappa shape index (κ2) is 6.66. The van der Waals surface area contributed by atoms with Gasteiger partial charge in [-0.2, -0.15) is 0 Å². The summed E-state index contributed by atoms with van der Waals surface area (Å²) in [6.45, 7) is 2.50. The first-order valence-corrected chi connectivity index (χ1v) is 6.06. The van der Waals surface area contributed by atoms with E-state index in [4.69, 9.17) is 0 Å². The molecule has 1 rings (SSSR count). The van der Waals surface area contributed by atoms with Crippen molar-refractivity contribution in [3.05, 3.63) is 35.9 Å². The van der Waals surface area contributed by atoms with E-state index >= 15 is 0 Å². The van der Waals surface area contributed by atoms with Crippen LogP contribution >= 0.6 is 0 Å². The van der Waals surface area contributed by atoms with Gasteiger partial charge in [0.1, 0.15) is 0 Å². The highest BCUT2D eigenvalue weighted by Crippen LogP contribution is 2.36. The molecule has 0 bridgehead atoms. The molecule has 1 aromatic rings. The minimum Gasteiger partial charge on any atom is -0.396 e. The zero-order valence-corrected chi connectivity index (χ0v) is 10.0. The summed E-state index contributed by atoms with van der Waals surface area (Å²) in [6.07, 6.45) is 3.53. The molecule has 0 aromatic heterocycles. The first kappa shape index (κ1) is 13.2. The Labute approximate surface area is 97.9 Å². The molecule has 0 atom stereocenters. The fourth-order valence-corrected chi connectivity index (χ4v) is 2.51. The Hall–Kier alpha value is -0.860. The largest absolute Gasteiger partial charge is 0.396 e. The van der Waals surface area contributed by atoms with Crippen LogP contribution in [0.3, 0.4) is 0 Å². The summed E-state index contributed by atoms with van der Waals surface area (Å²) >= 11 is 0. The smallest absolute Gasteiger partial charge is 0.0439 e. The summed E-state index contributed by atoms with van der Waals surface area (Å²) in [7, 11) is 0. The van der Waals surface area contributed by atoms with Crippen LogP contribution in [-0.4, -0.2) is 23.4 Å². The molecule has 0 saturated heterocycles. The van der Waals surface area contributed by atoms with Crippen molar-refractivity contribution in [3.63, 3.8) is 0 Å². The summed E-state index contributed by atoms with van der Waals surface area (Å²) in [5, 5.41) is 18.5. The monoisotopic (exact) mass is 222 g/mol. The molecule has 2 N–H and O–H groups in total. The number of hydrogen-bond acceptors (Lipinski definition) is 2. The maximum atomic E-state index is 9.23. The molecule has 16 heavy (non-hydrogen) atoms. The lowest BCUT2D eigenvalue weighted by molar-refractivity contribution is 0.181.